The summed E-state index contributed by atoms with van der Waals surface area (Å²) in [5, 5.41) is -4.68. The van der Waals surface area contributed by atoms with Gasteiger partial charge in [0, 0.05) is 5.56 Å². The van der Waals surface area contributed by atoms with Crippen molar-refractivity contribution in [1.29, 1.82) is 0 Å². The van der Waals surface area contributed by atoms with Crippen LogP contribution in [0.1, 0.15) is 11.1 Å². The first-order valence-electron chi connectivity index (χ1n) is 11.3. The van der Waals surface area contributed by atoms with E-state index in [1.54, 1.807) is 0 Å². The van der Waals surface area contributed by atoms with E-state index in [1.165, 1.54) is 0 Å². The first kappa shape index (κ1) is 31.8. The summed E-state index contributed by atoms with van der Waals surface area (Å²) in [6.45, 7) is 0. The molecule has 0 aliphatic heterocycles. The quantitative estimate of drug-likeness (QED) is 0.0917. The lowest BCUT2D eigenvalue weighted by Crippen LogP contribution is -2.50. The molecule has 20 heteroatoms. The fourth-order valence-electron chi connectivity index (χ4n) is 4.37. The summed E-state index contributed by atoms with van der Waals surface area (Å²) in [7, 11) is -4.14. The SMILES string of the molecule is FC1=C(F)C(F)(B(Oc2ccc(F)c(F)c2F)Oc2c(F)c(F)c(F)c3c(F)c(F)c(F)c(F)c23)c2c(F)c(F)c(F)c(F)c21. The maximum atomic E-state index is 16.6. The van der Waals surface area contributed by atoms with E-state index in [2.05, 4.69) is 9.31 Å². The molecule has 1 unspecified atom stereocenters. The average Bonchev–Trinajstić information content (AvgIpc) is 3.21. The Morgan fingerprint density at radius 1 is 0.467 bits per heavy atom. The van der Waals surface area contributed by atoms with Gasteiger partial charge in [0.25, 0.3) is 5.57 Å². The van der Waals surface area contributed by atoms with Gasteiger partial charge in [0.15, 0.2) is 87.2 Å². The number of halogens is 17. The minimum absolute atomic E-state index is 0.0154. The van der Waals surface area contributed by atoms with E-state index in [0.717, 1.165) is 0 Å². The Bertz CT molecular complexity index is 2010. The molecule has 4 aromatic carbocycles. The van der Waals surface area contributed by atoms with E-state index in [4.69, 9.17) is 0 Å². The van der Waals surface area contributed by atoms with Crippen molar-refractivity contribution in [3.63, 3.8) is 0 Å². The minimum atomic E-state index is -5.23. The molecule has 2 nitrogen and oxygen atoms in total. The third-order valence-electron chi connectivity index (χ3n) is 6.44. The summed E-state index contributed by atoms with van der Waals surface area (Å²) < 4.78 is 255. The van der Waals surface area contributed by atoms with Crippen LogP contribution in [0.25, 0.3) is 16.6 Å². The van der Waals surface area contributed by atoms with Crippen molar-refractivity contribution in [2.75, 3.05) is 0 Å². The highest BCUT2D eigenvalue weighted by molar-refractivity contribution is 6.52. The van der Waals surface area contributed by atoms with Crippen LogP contribution in [0.5, 0.6) is 11.5 Å². The molecule has 45 heavy (non-hydrogen) atoms. The Labute approximate surface area is 236 Å². The van der Waals surface area contributed by atoms with E-state index in [1.807, 2.05) is 0 Å². The second-order valence-electron chi connectivity index (χ2n) is 8.86. The van der Waals surface area contributed by atoms with Gasteiger partial charge in [0.1, 0.15) is 5.75 Å². The van der Waals surface area contributed by atoms with Crippen molar-refractivity contribution >= 4 is 23.7 Å². The molecule has 1 atom stereocenters. The Balaban J connectivity index is 1.88. The summed E-state index contributed by atoms with van der Waals surface area (Å²) in [6.07, 6.45) is 0. The van der Waals surface area contributed by atoms with Gasteiger partial charge in [-0.05, 0) is 12.1 Å². The van der Waals surface area contributed by atoms with Gasteiger partial charge < -0.3 is 9.31 Å². The van der Waals surface area contributed by atoms with E-state index >= 15 is 8.78 Å². The third kappa shape index (κ3) is 4.20. The molecule has 0 amide bonds. The monoisotopic (exact) mass is 668 g/mol. The first-order valence-corrected chi connectivity index (χ1v) is 11.3. The van der Waals surface area contributed by atoms with Crippen LogP contribution < -0.4 is 9.31 Å². The lowest BCUT2D eigenvalue weighted by Gasteiger charge is -2.28. The normalized spacial score (nSPS) is 16.1. The maximum absolute atomic E-state index is 16.6. The van der Waals surface area contributed by atoms with Gasteiger partial charge in [-0.1, -0.05) is 0 Å². The predicted octanol–water partition coefficient (Wildman–Crippen LogP) is 8.76. The molecule has 0 saturated heterocycles. The van der Waals surface area contributed by atoms with Crippen LogP contribution in [0.2, 0.25) is 0 Å². The van der Waals surface area contributed by atoms with Gasteiger partial charge in [-0.2, -0.15) is 8.78 Å². The van der Waals surface area contributed by atoms with E-state index in [0.29, 0.717) is 0 Å². The Kier molecular flexibility index (Phi) is 7.39. The van der Waals surface area contributed by atoms with Gasteiger partial charge in [-0.3, -0.25) is 0 Å². The molecule has 0 fully saturated rings. The van der Waals surface area contributed by atoms with Crippen LogP contribution >= 0.6 is 0 Å². The van der Waals surface area contributed by atoms with Crippen molar-refractivity contribution < 1.29 is 83.9 Å². The van der Waals surface area contributed by atoms with Crippen LogP contribution in [0.4, 0.5) is 74.6 Å². The summed E-state index contributed by atoms with van der Waals surface area (Å²) in [5.41, 5.74) is -10.2. The van der Waals surface area contributed by atoms with Gasteiger partial charge in [-0.25, -0.2) is 65.9 Å². The smallest absolute Gasteiger partial charge is 0.521 e. The summed E-state index contributed by atoms with van der Waals surface area (Å²) in [6, 6.07) is -0.0420. The number of hydrogen-bond acceptors (Lipinski definition) is 2. The second kappa shape index (κ2) is 10.5. The van der Waals surface area contributed by atoms with Crippen molar-refractivity contribution in [2.45, 2.75) is 5.57 Å². The van der Waals surface area contributed by atoms with Crippen LogP contribution in [0.3, 0.4) is 0 Å². The van der Waals surface area contributed by atoms with Gasteiger partial charge in [-0.15, -0.1) is 0 Å². The van der Waals surface area contributed by atoms with Crippen LogP contribution in [0, 0.1) is 81.4 Å². The zero-order valence-electron chi connectivity index (χ0n) is 20.5. The van der Waals surface area contributed by atoms with Crippen molar-refractivity contribution in [3.05, 3.63) is 111 Å². The lowest BCUT2D eigenvalue weighted by atomic mass is 9.64. The molecule has 0 bridgehead atoms. The van der Waals surface area contributed by atoms with E-state index in [9.17, 15) is 65.9 Å². The number of rotatable bonds is 5. The molecule has 0 aromatic heterocycles. The Morgan fingerprint density at radius 3 is 1.53 bits per heavy atom. The highest BCUT2D eigenvalue weighted by atomic mass is 19.2. The standard InChI is InChI=1S/C25H2BF17O2/c27-3-1-2-4(10(29)9(3)28)44-26(25(43)8-7(15(34)24(25)42)14(33)19(38)21(40)16(8)35)45-23-6-5(12(31)20(39)22(23)41)11(30)17(36)18(37)13(6)32/h1-2H. The minimum Gasteiger partial charge on any atom is -0.521 e. The molecule has 0 N–H and O–H groups in total. The number of allylic oxidation sites excluding steroid dienone is 1. The van der Waals surface area contributed by atoms with E-state index in [-0.39, 0.29) is 12.1 Å². The first-order chi connectivity index (χ1) is 20.9. The molecule has 0 heterocycles. The number of benzene rings is 4. The summed E-state index contributed by atoms with van der Waals surface area (Å²) >= 11 is 0. The Hall–Kier alpha value is -4.65. The van der Waals surface area contributed by atoms with Gasteiger partial charge in [0.05, 0.1) is 16.3 Å². The molecule has 236 valence electrons. The molecule has 1 aliphatic carbocycles. The fraction of sp³-hybridized carbons (Fsp3) is 0.0400. The van der Waals surface area contributed by atoms with Crippen molar-refractivity contribution in [1.82, 2.24) is 0 Å². The largest absolute Gasteiger partial charge is 0.647 e. The second-order valence-corrected chi connectivity index (χ2v) is 8.86. The topological polar surface area (TPSA) is 18.5 Å². The molecular weight excluding hydrogens is 666 g/mol. The summed E-state index contributed by atoms with van der Waals surface area (Å²) in [5.74, 6) is -49.5. The summed E-state index contributed by atoms with van der Waals surface area (Å²) in [4.78, 5) is 0. The Morgan fingerprint density at radius 2 is 0.956 bits per heavy atom. The number of alkyl halides is 1. The van der Waals surface area contributed by atoms with Crippen LogP contribution in [0.15, 0.2) is 18.0 Å². The molecular formula is C25H2BF17O2. The fourth-order valence-corrected chi connectivity index (χ4v) is 4.37. The van der Waals surface area contributed by atoms with Crippen molar-refractivity contribution in [2.24, 2.45) is 0 Å². The number of hydrogen-bond donors (Lipinski definition) is 0. The molecule has 0 spiro atoms. The van der Waals surface area contributed by atoms with Gasteiger partial charge >= 0.3 is 7.12 Å². The van der Waals surface area contributed by atoms with Crippen LogP contribution in [-0.4, -0.2) is 7.12 Å². The molecule has 0 saturated carbocycles. The van der Waals surface area contributed by atoms with Crippen LogP contribution in [-0.2, 0) is 5.57 Å². The lowest BCUT2D eigenvalue weighted by molar-refractivity contribution is 0.205. The molecule has 4 aromatic rings. The zero-order valence-corrected chi connectivity index (χ0v) is 20.5. The van der Waals surface area contributed by atoms with Gasteiger partial charge in [0.2, 0.25) is 11.6 Å². The molecule has 5 rings (SSSR count). The predicted molar refractivity (Wildman–Crippen MR) is 115 cm³/mol. The highest BCUT2D eigenvalue weighted by Gasteiger charge is 2.66. The zero-order chi connectivity index (χ0) is 33.6. The maximum Gasteiger partial charge on any atom is 0.647 e. The third-order valence-corrected chi connectivity index (χ3v) is 6.44. The molecule has 0 radical (unpaired) electrons. The van der Waals surface area contributed by atoms with E-state index < -0.39 is 139 Å². The average molecular weight is 668 g/mol. The highest BCUT2D eigenvalue weighted by Crippen LogP contribution is 2.54. The number of fused-ring (bicyclic) bond motifs is 2. The molecule has 1 aliphatic rings. The van der Waals surface area contributed by atoms with Crippen molar-refractivity contribution in [3.8, 4) is 11.5 Å².